The van der Waals surface area contributed by atoms with Gasteiger partial charge < -0.3 is 24.8 Å². The molecule has 0 bridgehead atoms. The number of hydrogen-bond acceptors (Lipinski definition) is 0. The van der Waals surface area contributed by atoms with E-state index in [0.29, 0.717) is 0 Å². The second-order valence-electron chi connectivity index (χ2n) is 6.91. The molecule has 0 radical (unpaired) electrons. The van der Waals surface area contributed by atoms with Crippen LogP contribution in [0.4, 0.5) is 0 Å². The topological polar surface area (TPSA) is 7.76 Å². The normalized spacial score (nSPS) is 10.3. The van der Waals surface area contributed by atoms with E-state index in [0.717, 1.165) is 13.1 Å². The van der Waals surface area contributed by atoms with Crippen molar-refractivity contribution in [3.63, 3.8) is 0 Å². The summed E-state index contributed by atoms with van der Waals surface area (Å²) < 4.78 is 4.39. The Bertz CT molecular complexity index is 943. The van der Waals surface area contributed by atoms with Gasteiger partial charge in [0, 0.05) is 35.4 Å². The third-order valence-corrected chi connectivity index (χ3v) is 4.72. The Morgan fingerprint density at radius 1 is 0.467 bits per heavy atom. The molecule has 0 aliphatic carbocycles. The molecular formula is C26H24Cl2N2. The molecule has 0 fully saturated rings. The van der Waals surface area contributed by atoms with Crippen molar-refractivity contribution in [2.45, 2.75) is 13.1 Å². The van der Waals surface area contributed by atoms with Crippen molar-refractivity contribution >= 4 is 12.2 Å². The average Bonchev–Trinajstić information content (AvgIpc) is 2.76. The summed E-state index contributed by atoms with van der Waals surface area (Å²) in [6.45, 7) is 1.79. The second kappa shape index (κ2) is 11.9. The van der Waals surface area contributed by atoms with Gasteiger partial charge in [-0.25, -0.2) is 9.13 Å². The zero-order valence-electron chi connectivity index (χ0n) is 16.6. The molecule has 2 nitrogen and oxygen atoms in total. The SMILES string of the molecule is C(=C\c1cc[n+](Cc2ccccc2)cc1)/c1cc[n+](Cc2ccccc2)cc1.[Cl-].[Cl-]. The Kier molecular flexibility index (Phi) is 9.27. The summed E-state index contributed by atoms with van der Waals surface area (Å²) in [7, 11) is 0. The maximum atomic E-state index is 2.20. The van der Waals surface area contributed by atoms with E-state index in [4.69, 9.17) is 0 Å². The summed E-state index contributed by atoms with van der Waals surface area (Å²) in [5.74, 6) is 0. The lowest BCUT2D eigenvalue weighted by Crippen LogP contribution is -3.00. The zero-order chi connectivity index (χ0) is 19.0. The molecule has 0 aliphatic rings. The fourth-order valence-corrected chi connectivity index (χ4v) is 3.15. The van der Waals surface area contributed by atoms with Gasteiger partial charge in [-0.3, -0.25) is 0 Å². The number of hydrogen-bond donors (Lipinski definition) is 0. The summed E-state index contributed by atoms with van der Waals surface area (Å²) in [6, 6.07) is 29.6. The monoisotopic (exact) mass is 434 g/mol. The van der Waals surface area contributed by atoms with E-state index in [1.54, 1.807) is 0 Å². The molecule has 30 heavy (non-hydrogen) atoms. The summed E-state index contributed by atoms with van der Waals surface area (Å²) in [5.41, 5.74) is 5.02. The minimum atomic E-state index is 0. The van der Waals surface area contributed by atoms with Crippen LogP contribution in [0.25, 0.3) is 12.2 Å². The molecule has 2 aromatic carbocycles. The van der Waals surface area contributed by atoms with Gasteiger partial charge in [0.2, 0.25) is 0 Å². The number of benzene rings is 2. The van der Waals surface area contributed by atoms with Gasteiger partial charge in [0.05, 0.1) is 0 Å². The number of pyridine rings is 2. The predicted octanol–water partition coefficient (Wildman–Crippen LogP) is -1.46. The van der Waals surface area contributed by atoms with E-state index in [-0.39, 0.29) is 24.8 Å². The van der Waals surface area contributed by atoms with Gasteiger partial charge >= 0.3 is 0 Å². The summed E-state index contributed by atoms with van der Waals surface area (Å²) in [6.07, 6.45) is 12.8. The Morgan fingerprint density at radius 3 is 1.13 bits per heavy atom. The molecule has 4 heteroatoms. The molecule has 4 aromatic rings. The van der Waals surface area contributed by atoms with Crippen molar-refractivity contribution in [3.05, 3.63) is 132 Å². The Balaban J connectivity index is 0.00000160. The molecule has 0 N–H and O–H groups in total. The highest BCUT2D eigenvalue weighted by Crippen LogP contribution is 2.06. The van der Waals surface area contributed by atoms with Crippen LogP contribution in [0.2, 0.25) is 0 Å². The number of rotatable bonds is 6. The van der Waals surface area contributed by atoms with E-state index in [1.165, 1.54) is 22.3 Å². The van der Waals surface area contributed by atoms with Crippen molar-refractivity contribution < 1.29 is 33.9 Å². The third kappa shape index (κ3) is 6.84. The van der Waals surface area contributed by atoms with E-state index in [2.05, 4.69) is 131 Å². The Labute approximate surface area is 191 Å². The minimum absolute atomic E-state index is 0. The van der Waals surface area contributed by atoms with E-state index in [9.17, 15) is 0 Å². The first-order valence-corrected chi connectivity index (χ1v) is 9.59. The van der Waals surface area contributed by atoms with Gasteiger partial charge in [-0.1, -0.05) is 72.8 Å². The van der Waals surface area contributed by atoms with Crippen LogP contribution >= 0.6 is 0 Å². The van der Waals surface area contributed by atoms with Gasteiger partial charge in [0.1, 0.15) is 0 Å². The first-order valence-electron chi connectivity index (χ1n) is 9.59. The van der Waals surface area contributed by atoms with E-state index < -0.39 is 0 Å². The van der Waals surface area contributed by atoms with Crippen LogP contribution in [0.1, 0.15) is 22.3 Å². The Hall–Kier alpha value is -2.94. The predicted molar refractivity (Wildman–Crippen MR) is 113 cm³/mol. The first-order chi connectivity index (χ1) is 13.8. The molecule has 152 valence electrons. The van der Waals surface area contributed by atoms with Crippen LogP contribution in [-0.4, -0.2) is 0 Å². The first kappa shape index (κ1) is 23.3. The maximum absolute atomic E-state index is 2.20. The number of aromatic nitrogens is 2. The molecule has 0 atom stereocenters. The van der Waals surface area contributed by atoms with Crippen LogP contribution in [0.15, 0.2) is 110 Å². The van der Waals surface area contributed by atoms with Crippen molar-refractivity contribution in [1.82, 2.24) is 0 Å². The van der Waals surface area contributed by atoms with E-state index in [1.807, 2.05) is 0 Å². The van der Waals surface area contributed by atoms with Crippen LogP contribution in [0.3, 0.4) is 0 Å². The highest BCUT2D eigenvalue weighted by Gasteiger charge is 2.03. The molecule has 0 amide bonds. The fourth-order valence-electron chi connectivity index (χ4n) is 3.15. The molecule has 0 aliphatic heterocycles. The minimum Gasteiger partial charge on any atom is -1.00 e. The molecule has 2 heterocycles. The molecule has 0 spiro atoms. The molecule has 4 rings (SSSR count). The summed E-state index contributed by atoms with van der Waals surface area (Å²) >= 11 is 0. The third-order valence-electron chi connectivity index (χ3n) is 4.72. The van der Waals surface area contributed by atoms with Gasteiger partial charge in [0.15, 0.2) is 37.9 Å². The lowest BCUT2D eigenvalue weighted by molar-refractivity contribution is -0.688. The highest BCUT2D eigenvalue weighted by molar-refractivity contribution is 5.68. The van der Waals surface area contributed by atoms with Gasteiger partial charge in [0.25, 0.3) is 0 Å². The maximum Gasteiger partial charge on any atom is 0.173 e. The van der Waals surface area contributed by atoms with Gasteiger partial charge in [-0.2, -0.15) is 0 Å². The van der Waals surface area contributed by atoms with Crippen LogP contribution in [0, 0.1) is 0 Å². The van der Waals surface area contributed by atoms with Gasteiger partial charge in [-0.15, -0.1) is 0 Å². The van der Waals surface area contributed by atoms with Crippen LogP contribution in [-0.2, 0) is 13.1 Å². The summed E-state index contributed by atoms with van der Waals surface area (Å²) in [5, 5.41) is 0. The largest absolute Gasteiger partial charge is 1.00 e. The lowest BCUT2D eigenvalue weighted by Gasteiger charge is -1.99. The fraction of sp³-hybridized carbons (Fsp3) is 0.0769. The second-order valence-corrected chi connectivity index (χ2v) is 6.91. The smallest absolute Gasteiger partial charge is 0.173 e. The molecule has 0 saturated heterocycles. The van der Waals surface area contributed by atoms with Crippen molar-refractivity contribution in [3.8, 4) is 0 Å². The van der Waals surface area contributed by atoms with Crippen LogP contribution in [0.5, 0.6) is 0 Å². The van der Waals surface area contributed by atoms with Crippen molar-refractivity contribution in [2.24, 2.45) is 0 Å². The number of nitrogens with zero attached hydrogens (tertiary/aromatic N) is 2. The van der Waals surface area contributed by atoms with Crippen LogP contribution < -0.4 is 33.9 Å². The quantitative estimate of drug-likeness (QED) is 0.327. The van der Waals surface area contributed by atoms with Gasteiger partial charge in [-0.05, 0) is 11.1 Å². The zero-order valence-corrected chi connectivity index (χ0v) is 18.1. The molecule has 0 saturated carbocycles. The standard InChI is InChI=1S/C26H24N2.2ClH/c1-3-7-25(8-4-1)21-27-17-13-23(14-18-27)11-12-24-15-19-28(20-16-24)22-26-9-5-2-6-10-26;;/h1-20H,21-22H2;2*1H/q+2;;/p-2/b12-11+;;. The highest BCUT2D eigenvalue weighted by atomic mass is 35.5. The molecular weight excluding hydrogens is 411 g/mol. The summed E-state index contributed by atoms with van der Waals surface area (Å²) in [4.78, 5) is 0. The lowest BCUT2D eigenvalue weighted by atomic mass is 10.2. The van der Waals surface area contributed by atoms with Crippen molar-refractivity contribution in [2.75, 3.05) is 0 Å². The Morgan fingerprint density at radius 2 is 0.800 bits per heavy atom. The molecule has 2 aromatic heterocycles. The average molecular weight is 435 g/mol. The van der Waals surface area contributed by atoms with Crippen molar-refractivity contribution in [1.29, 1.82) is 0 Å². The van der Waals surface area contributed by atoms with E-state index >= 15 is 0 Å². The number of halogens is 2. The molecule has 0 unspecified atom stereocenters.